The Morgan fingerprint density at radius 1 is 1.26 bits per heavy atom. The Balaban J connectivity index is 1.51. The molecule has 0 saturated heterocycles. The minimum absolute atomic E-state index is 0.0983. The summed E-state index contributed by atoms with van der Waals surface area (Å²) < 4.78 is 17.3. The van der Waals surface area contributed by atoms with E-state index in [1.165, 1.54) is 0 Å². The zero-order chi connectivity index (χ0) is 24.1. The van der Waals surface area contributed by atoms with Gasteiger partial charge in [0.15, 0.2) is 0 Å². The Kier molecular flexibility index (Phi) is 7.37. The van der Waals surface area contributed by atoms with Gasteiger partial charge in [0.05, 0.1) is 31.5 Å². The Morgan fingerprint density at radius 2 is 2.12 bits per heavy atom. The molecule has 0 fully saturated rings. The number of hydrogen-bond acceptors (Lipinski definition) is 6. The number of nitrogens with zero attached hydrogens (tertiary/aromatic N) is 2. The van der Waals surface area contributed by atoms with Crippen LogP contribution in [0.2, 0.25) is 0 Å². The fourth-order valence-electron chi connectivity index (χ4n) is 4.02. The van der Waals surface area contributed by atoms with Crippen LogP contribution in [0.5, 0.6) is 17.2 Å². The highest BCUT2D eigenvalue weighted by molar-refractivity contribution is 5.95. The molecule has 8 nitrogen and oxygen atoms in total. The summed E-state index contributed by atoms with van der Waals surface area (Å²) >= 11 is 0. The summed E-state index contributed by atoms with van der Waals surface area (Å²) in [5.41, 5.74) is 4.58. The van der Waals surface area contributed by atoms with E-state index < -0.39 is 0 Å². The van der Waals surface area contributed by atoms with Gasteiger partial charge in [-0.1, -0.05) is 6.07 Å². The highest BCUT2D eigenvalue weighted by atomic mass is 16.5. The van der Waals surface area contributed by atoms with E-state index in [-0.39, 0.29) is 11.8 Å². The van der Waals surface area contributed by atoms with Gasteiger partial charge < -0.3 is 24.4 Å². The lowest BCUT2D eigenvalue weighted by Gasteiger charge is -2.25. The van der Waals surface area contributed by atoms with E-state index in [9.17, 15) is 4.79 Å². The number of carbonyl (C=O) groups excluding carboxylic acids is 1. The van der Waals surface area contributed by atoms with Gasteiger partial charge in [0.25, 0.3) is 0 Å². The summed E-state index contributed by atoms with van der Waals surface area (Å²) in [6, 6.07) is 11.5. The number of nitrogens with one attached hydrogen (secondary N) is 2. The second-order valence-corrected chi connectivity index (χ2v) is 8.80. The number of anilines is 1. The number of H-pyrrole nitrogens is 1. The number of ether oxygens (including phenoxy) is 3. The van der Waals surface area contributed by atoms with Crippen molar-refractivity contribution in [1.82, 2.24) is 15.1 Å². The van der Waals surface area contributed by atoms with Crippen molar-refractivity contribution in [1.29, 1.82) is 0 Å². The summed E-state index contributed by atoms with van der Waals surface area (Å²) in [6.07, 6.45) is 3.26. The van der Waals surface area contributed by atoms with Crippen molar-refractivity contribution >= 4 is 11.6 Å². The van der Waals surface area contributed by atoms with Crippen molar-refractivity contribution in [2.24, 2.45) is 5.92 Å². The smallest absolute Gasteiger partial charge is 0.231 e. The third-order valence-corrected chi connectivity index (χ3v) is 5.93. The first kappa shape index (κ1) is 23.6. The van der Waals surface area contributed by atoms with E-state index in [0.717, 1.165) is 46.8 Å². The molecule has 0 bridgehead atoms. The second kappa shape index (κ2) is 10.6. The van der Waals surface area contributed by atoms with Crippen molar-refractivity contribution in [2.75, 3.05) is 46.3 Å². The molecule has 34 heavy (non-hydrogen) atoms. The summed E-state index contributed by atoms with van der Waals surface area (Å²) in [5, 5.41) is 10.2. The topological polar surface area (TPSA) is 88.7 Å². The first-order chi connectivity index (χ1) is 16.4. The van der Waals surface area contributed by atoms with Crippen LogP contribution in [0.1, 0.15) is 17.7 Å². The van der Waals surface area contributed by atoms with Gasteiger partial charge in [-0.2, -0.15) is 5.10 Å². The minimum atomic E-state index is -0.308. The molecule has 1 aliphatic heterocycles. The number of methoxy groups -OCH3 is 1. The summed E-state index contributed by atoms with van der Waals surface area (Å²) in [4.78, 5) is 15.3. The standard InChI is InChI=1S/C26H32N4O4/c1-17-22(15-27-29-17)18-6-8-23(25(14-18)33-11-5-10-30(2)3)28-26(31)20-12-19-13-21(32-4)7-9-24(19)34-16-20/h6-9,13-15,20H,5,10-12,16H2,1-4H3,(H,27,29)(H,28,31)/t20-/m1/s1. The number of rotatable bonds is 9. The van der Waals surface area contributed by atoms with Crippen molar-refractivity contribution in [3.8, 4) is 28.4 Å². The van der Waals surface area contributed by atoms with E-state index in [1.54, 1.807) is 13.3 Å². The number of aromatic amines is 1. The van der Waals surface area contributed by atoms with E-state index in [4.69, 9.17) is 14.2 Å². The molecule has 0 unspecified atom stereocenters. The van der Waals surface area contributed by atoms with E-state index in [0.29, 0.717) is 31.1 Å². The third-order valence-electron chi connectivity index (χ3n) is 5.93. The van der Waals surface area contributed by atoms with E-state index in [1.807, 2.05) is 57.4 Å². The number of amides is 1. The van der Waals surface area contributed by atoms with Crippen LogP contribution in [0.15, 0.2) is 42.6 Å². The van der Waals surface area contributed by atoms with Crippen LogP contribution in [0.4, 0.5) is 5.69 Å². The number of hydrogen-bond donors (Lipinski definition) is 2. The van der Waals surface area contributed by atoms with Crippen molar-refractivity contribution in [2.45, 2.75) is 19.8 Å². The average molecular weight is 465 g/mol. The van der Waals surface area contributed by atoms with Gasteiger partial charge in [-0.05, 0) is 75.3 Å². The molecule has 0 saturated carbocycles. The number of carbonyl (C=O) groups is 1. The Morgan fingerprint density at radius 3 is 2.85 bits per heavy atom. The second-order valence-electron chi connectivity index (χ2n) is 8.80. The summed E-state index contributed by atoms with van der Waals surface area (Å²) in [6.45, 7) is 3.78. The van der Waals surface area contributed by atoms with Crippen LogP contribution in [0.3, 0.4) is 0 Å². The molecule has 8 heteroatoms. The maximum Gasteiger partial charge on any atom is 0.231 e. The first-order valence-corrected chi connectivity index (χ1v) is 11.5. The minimum Gasteiger partial charge on any atom is -0.497 e. The monoisotopic (exact) mass is 464 g/mol. The maximum absolute atomic E-state index is 13.2. The molecule has 0 aliphatic carbocycles. The highest BCUT2D eigenvalue weighted by Gasteiger charge is 2.27. The zero-order valence-corrected chi connectivity index (χ0v) is 20.2. The first-order valence-electron chi connectivity index (χ1n) is 11.5. The maximum atomic E-state index is 13.2. The third kappa shape index (κ3) is 5.51. The molecule has 0 radical (unpaired) electrons. The van der Waals surface area contributed by atoms with Crippen LogP contribution < -0.4 is 19.5 Å². The van der Waals surface area contributed by atoms with Gasteiger partial charge >= 0.3 is 0 Å². The summed E-state index contributed by atoms with van der Waals surface area (Å²) in [5.74, 6) is 1.79. The SMILES string of the molecule is COc1ccc2c(c1)C[C@@H](C(=O)Nc1ccc(-c3cn[nH]c3C)cc1OCCCN(C)C)CO2. The fourth-order valence-corrected chi connectivity index (χ4v) is 4.02. The predicted octanol–water partition coefficient (Wildman–Crippen LogP) is 3.91. The van der Waals surface area contributed by atoms with Gasteiger partial charge in [-0.3, -0.25) is 9.89 Å². The highest BCUT2D eigenvalue weighted by Crippen LogP contribution is 2.34. The lowest BCUT2D eigenvalue weighted by atomic mass is 9.95. The van der Waals surface area contributed by atoms with Gasteiger partial charge in [-0.15, -0.1) is 0 Å². The van der Waals surface area contributed by atoms with Gasteiger partial charge in [0.2, 0.25) is 5.91 Å². The van der Waals surface area contributed by atoms with Gasteiger partial charge in [-0.25, -0.2) is 0 Å². The lowest BCUT2D eigenvalue weighted by molar-refractivity contribution is -0.121. The number of aromatic nitrogens is 2. The van der Waals surface area contributed by atoms with Crippen LogP contribution in [0.25, 0.3) is 11.1 Å². The molecule has 180 valence electrons. The number of benzene rings is 2. The average Bonchev–Trinajstić information content (AvgIpc) is 3.27. The molecule has 2 heterocycles. The van der Waals surface area contributed by atoms with Crippen LogP contribution in [-0.2, 0) is 11.2 Å². The van der Waals surface area contributed by atoms with Crippen LogP contribution in [0, 0.1) is 12.8 Å². The fraction of sp³-hybridized carbons (Fsp3) is 0.385. The molecule has 3 aromatic rings. The van der Waals surface area contributed by atoms with Gasteiger partial charge in [0.1, 0.15) is 23.9 Å². The molecular formula is C26H32N4O4. The Bertz CT molecular complexity index is 1140. The van der Waals surface area contributed by atoms with Gasteiger partial charge in [0, 0.05) is 17.8 Å². The molecule has 0 spiro atoms. The molecule has 4 rings (SSSR count). The molecule has 1 aromatic heterocycles. The lowest BCUT2D eigenvalue weighted by Crippen LogP contribution is -2.32. The Hall–Kier alpha value is -3.52. The molecule has 1 atom stereocenters. The van der Waals surface area contributed by atoms with Crippen LogP contribution >= 0.6 is 0 Å². The molecule has 1 amide bonds. The molecule has 2 aromatic carbocycles. The quantitative estimate of drug-likeness (QED) is 0.467. The van der Waals surface area contributed by atoms with E-state index in [2.05, 4.69) is 20.4 Å². The van der Waals surface area contributed by atoms with Crippen molar-refractivity contribution < 1.29 is 19.0 Å². The largest absolute Gasteiger partial charge is 0.497 e. The normalized spacial score (nSPS) is 14.9. The number of aryl methyl sites for hydroxylation is 1. The van der Waals surface area contributed by atoms with Crippen molar-refractivity contribution in [3.05, 3.63) is 53.9 Å². The van der Waals surface area contributed by atoms with E-state index >= 15 is 0 Å². The Labute approximate surface area is 200 Å². The molecule has 2 N–H and O–H groups in total. The predicted molar refractivity (Wildman–Crippen MR) is 132 cm³/mol. The number of fused-ring (bicyclic) bond motifs is 1. The summed E-state index contributed by atoms with van der Waals surface area (Å²) in [7, 11) is 5.70. The van der Waals surface area contributed by atoms with Crippen LogP contribution in [-0.4, -0.2) is 62.0 Å². The zero-order valence-electron chi connectivity index (χ0n) is 20.2. The molecule has 1 aliphatic rings. The van der Waals surface area contributed by atoms with Crippen molar-refractivity contribution in [3.63, 3.8) is 0 Å². The molecular weight excluding hydrogens is 432 g/mol.